The van der Waals surface area contributed by atoms with Crippen LogP contribution < -0.4 is 10.1 Å². The van der Waals surface area contributed by atoms with Gasteiger partial charge < -0.3 is 15.2 Å². The smallest absolute Gasteiger partial charge is 0.251 e. The minimum Gasteiger partial charge on any atom is -0.457 e. The van der Waals surface area contributed by atoms with Gasteiger partial charge in [-0.25, -0.2) is 0 Å². The molecule has 1 amide bonds. The maximum Gasteiger partial charge on any atom is 0.251 e. The Morgan fingerprint density at radius 1 is 1.29 bits per heavy atom. The highest BCUT2D eigenvalue weighted by molar-refractivity contribution is 5.94. The third kappa shape index (κ3) is 4.83. The fourth-order valence-corrected chi connectivity index (χ4v) is 2.13. The molecule has 124 valence electrons. The third-order valence-corrected chi connectivity index (χ3v) is 3.50. The van der Waals surface area contributed by atoms with E-state index in [1.165, 1.54) is 0 Å². The third-order valence-electron chi connectivity index (χ3n) is 3.50. The van der Waals surface area contributed by atoms with E-state index in [4.69, 9.17) is 10.00 Å². The molecule has 0 saturated carbocycles. The Hall–Kier alpha value is -2.84. The van der Waals surface area contributed by atoms with Gasteiger partial charge in [-0.2, -0.15) is 5.26 Å². The maximum absolute atomic E-state index is 12.0. The van der Waals surface area contributed by atoms with Gasteiger partial charge in [0.1, 0.15) is 11.5 Å². The number of nitriles is 1. The number of nitrogens with zero attached hydrogens (tertiary/aromatic N) is 1. The predicted molar refractivity (Wildman–Crippen MR) is 91.0 cm³/mol. The number of carbonyl (C=O) groups is 1. The molecule has 1 atom stereocenters. The lowest BCUT2D eigenvalue weighted by molar-refractivity contribution is 0.0945. The molecule has 0 aliphatic carbocycles. The van der Waals surface area contributed by atoms with Crippen molar-refractivity contribution in [1.29, 1.82) is 5.26 Å². The monoisotopic (exact) mass is 324 g/mol. The molecular weight excluding hydrogens is 304 g/mol. The molecule has 0 heterocycles. The summed E-state index contributed by atoms with van der Waals surface area (Å²) in [6.45, 7) is 3.99. The summed E-state index contributed by atoms with van der Waals surface area (Å²) < 4.78 is 5.78. The van der Waals surface area contributed by atoms with Crippen LogP contribution in [0.2, 0.25) is 0 Å². The summed E-state index contributed by atoms with van der Waals surface area (Å²) >= 11 is 0. The molecular formula is C19H20N2O3. The fourth-order valence-electron chi connectivity index (χ4n) is 2.13. The number of hydrogen-bond acceptors (Lipinski definition) is 4. The predicted octanol–water partition coefficient (Wildman–Crippen LogP) is 3.16. The van der Waals surface area contributed by atoms with Crippen LogP contribution in [-0.4, -0.2) is 23.7 Å². The normalized spacial score (nSPS) is 11.4. The van der Waals surface area contributed by atoms with Gasteiger partial charge in [0, 0.05) is 12.1 Å². The number of aryl methyl sites for hydroxylation is 1. The van der Waals surface area contributed by atoms with Gasteiger partial charge in [0.15, 0.2) is 0 Å². The van der Waals surface area contributed by atoms with Crippen molar-refractivity contribution in [3.63, 3.8) is 0 Å². The number of amides is 1. The Balaban J connectivity index is 1.99. The van der Waals surface area contributed by atoms with Crippen molar-refractivity contribution in [3.05, 3.63) is 59.2 Å². The first-order valence-electron chi connectivity index (χ1n) is 7.74. The van der Waals surface area contributed by atoms with E-state index in [-0.39, 0.29) is 5.91 Å². The molecule has 2 aromatic carbocycles. The van der Waals surface area contributed by atoms with Gasteiger partial charge >= 0.3 is 0 Å². The summed E-state index contributed by atoms with van der Waals surface area (Å²) in [5.41, 5.74) is 1.99. The first-order valence-corrected chi connectivity index (χ1v) is 7.74. The summed E-state index contributed by atoms with van der Waals surface area (Å²) in [5.74, 6) is 1.10. The average molecular weight is 324 g/mol. The molecule has 0 saturated heterocycles. The maximum atomic E-state index is 12.0. The van der Waals surface area contributed by atoms with Crippen LogP contribution in [0.25, 0.3) is 0 Å². The zero-order valence-corrected chi connectivity index (χ0v) is 13.7. The molecule has 1 unspecified atom stereocenters. The highest BCUT2D eigenvalue weighted by Crippen LogP contribution is 2.25. The van der Waals surface area contributed by atoms with Crippen LogP contribution in [0.5, 0.6) is 11.5 Å². The number of nitrogens with one attached hydrogen (secondary N) is 1. The van der Waals surface area contributed by atoms with Gasteiger partial charge in [0.25, 0.3) is 5.91 Å². The van der Waals surface area contributed by atoms with E-state index in [0.717, 1.165) is 5.56 Å². The number of carbonyl (C=O) groups excluding carboxylic acids is 1. The summed E-state index contributed by atoms with van der Waals surface area (Å²) in [6, 6.07) is 14.1. The van der Waals surface area contributed by atoms with Crippen molar-refractivity contribution in [2.75, 3.05) is 6.54 Å². The molecule has 5 nitrogen and oxygen atoms in total. The van der Waals surface area contributed by atoms with Crippen LogP contribution in [-0.2, 0) is 0 Å². The van der Waals surface area contributed by atoms with E-state index in [1.807, 2.05) is 6.92 Å². The van der Waals surface area contributed by atoms with Crippen LogP contribution in [0.15, 0.2) is 42.5 Å². The number of hydrogen-bond donors (Lipinski definition) is 2. The number of aliphatic hydroxyl groups excluding tert-OH is 1. The first kappa shape index (κ1) is 17.5. The van der Waals surface area contributed by atoms with Gasteiger partial charge in [0.05, 0.1) is 17.7 Å². The zero-order chi connectivity index (χ0) is 17.5. The standard InChI is InChI=1S/C19H20N2O3/c1-13-11-15(12-20)3-8-18(13)24-17-6-4-16(5-7-17)19(23)21-10-9-14(2)22/h3-8,11,14,22H,9-10H2,1-2H3,(H,21,23). The van der Waals surface area contributed by atoms with E-state index in [9.17, 15) is 9.90 Å². The van der Waals surface area contributed by atoms with Gasteiger partial charge in [-0.05, 0) is 68.3 Å². The number of rotatable bonds is 6. The highest BCUT2D eigenvalue weighted by atomic mass is 16.5. The second-order valence-corrected chi connectivity index (χ2v) is 5.61. The van der Waals surface area contributed by atoms with Crippen molar-refractivity contribution in [1.82, 2.24) is 5.32 Å². The number of ether oxygens (including phenoxy) is 1. The van der Waals surface area contributed by atoms with Gasteiger partial charge in [-0.15, -0.1) is 0 Å². The second kappa shape index (κ2) is 8.14. The Kier molecular flexibility index (Phi) is 5.94. The number of benzene rings is 2. The van der Waals surface area contributed by atoms with Crippen molar-refractivity contribution in [2.24, 2.45) is 0 Å². The van der Waals surface area contributed by atoms with E-state index in [1.54, 1.807) is 49.4 Å². The molecule has 2 rings (SSSR count). The molecule has 2 N–H and O–H groups in total. The fraction of sp³-hybridized carbons (Fsp3) is 0.263. The van der Waals surface area contributed by atoms with Gasteiger partial charge in [0.2, 0.25) is 0 Å². The lowest BCUT2D eigenvalue weighted by Gasteiger charge is -2.10. The molecule has 0 radical (unpaired) electrons. The average Bonchev–Trinajstić information content (AvgIpc) is 2.57. The van der Waals surface area contributed by atoms with Crippen molar-refractivity contribution >= 4 is 5.91 Å². The van der Waals surface area contributed by atoms with Crippen molar-refractivity contribution < 1.29 is 14.6 Å². The molecule has 0 aliphatic heterocycles. The lowest BCUT2D eigenvalue weighted by atomic mass is 10.1. The van der Waals surface area contributed by atoms with Crippen LogP contribution >= 0.6 is 0 Å². The largest absolute Gasteiger partial charge is 0.457 e. The summed E-state index contributed by atoms with van der Waals surface area (Å²) in [4.78, 5) is 12.0. The Morgan fingerprint density at radius 3 is 2.58 bits per heavy atom. The molecule has 0 aliphatic rings. The van der Waals surface area contributed by atoms with Crippen molar-refractivity contribution in [3.8, 4) is 17.6 Å². The van der Waals surface area contributed by atoms with E-state index in [2.05, 4.69) is 11.4 Å². The SMILES string of the molecule is Cc1cc(C#N)ccc1Oc1ccc(C(=O)NCCC(C)O)cc1. The van der Waals surface area contributed by atoms with E-state index < -0.39 is 6.10 Å². The molecule has 0 bridgehead atoms. The van der Waals surface area contributed by atoms with Crippen LogP contribution in [0.1, 0.15) is 34.8 Å². The quantitative estimate of drug-likeness (QED) is 0.855. The summed E-state index contributed by atoms with van der Waals surface area (Å²) in [6.07, 6.45) is 0.0852. The summed E-state index contributed by atoms with van der Waals surface area (Å²) in [5, 5.41) is 20.8. The van der Waals surface area contributed by atoms with E-state index >= 15 is 0 Å². The van der Waals surface area contributed by atoms with Crippen molar-refractivity contribution in [2.45, 2.75) is 26.4 Å². The summed E-state index contributed by atoms with van der Waals surface area (Å²) in [7, 11) is 0. The minimum atomic E-state index is -0.434. The molecule has 0 fully saturated rings. The first-order chi connectivity index (χ1) is 11.5. The van der Waals surface area contributed by atoms with Crippen LogP contribution in [0.3, 0.4) is 0 Å². The molecule has 2 aromatic rings. The topological polar surface area (TPSA) is 82.3 Å². The van der Waals surface area contributed by atoms with Gasteiger partial charge in [-0.1, -0.05) is 0 Å². The molecule has 0 spiro atoms. The molecule has 0 aromatic heterocycles. The van der Waals surface area contributed by atoms with Gasteiger partial charge in [-0.3, -0.25) is 4.79 Å². The number of aliphatic hydroxyl groups is 1. The highest BCUT2D eigenvalue weighted by Gasteiger charge is 2.07. The second-order valence-electron chi connectivity index (χ2n) is 5.61. The Bertz CT molecular complexity index is 746. The lowest BCUT2D eigenvalue weighted by Crippen LogP contribution is -2.26. The van der Waals surface area contributed by atoms with Crippen LogP contribution in [0, 0.1) is 18.3 Å². The Labute approximate surface area is 141 Å². The van der Waals surface area contributed by atoms with E-state index in [0.29, 0.717) is 35.6 Å². The molecule has 5 heteroatoms. The molecule has 24 heavy (non-hydrogen) atoms. The zero-order valence-electron chi connectivity index (χ0n) is 13.7. The minimum absolute atomic E-state index is 0.184. The van der Waals surface area contributed by atoms with Crippen LogP contribution in [0.4, 0.5) is 0 Å². The Morgan fingerprint density at radius 2 is 2.00 bits per heavy atom.